The van der Waals surface area contributed by atoms with Gasteiger partial charge in [0, 0.05) is 12.6 Å². The van der Waals surface area contributed by atoms with E-state index in [9.17, 15) is 18.7 Å². The van der Waals surface area contributed by atoms with Crippen LogP contribution in [-0.4, -0.2) is 77.9 Å². The summed E-state index contributed by atoms with van der Waals surface area (Å²) in [5.41, 5.74) is 4.81. The first-order valence-corrected chi connectivity index (χ1v) is 18.3. The van der Waals surface area contributed by atoms with Gasteiger partial charge >= 0.3 is 13.6 Å². The number of halogens is 1. The third-order valence-electron chi connectivity index (χ3n) is 7.27. The molecule has 0 radical (unpaired) electrons. The smallest absolute Gasteiger partial charge is 0.369 e. The van der Waals surface area contributed by atoms with E-state index in [1.807, 2.05) is 0 Å². The average Bonchev–Trinajstić information content (AvgIpc) is 3.72. The van der Waals surface area contributed by atoms with E-state index in [0.29, 0.717) is 0 Å². The van der Waals surface area contributed by atoms with Crippen LogP contribution in [0.3, 0.4) is 0 Å². The highest BCUT2D eigenvalue weighted by molar-refractivity contribution is 8.44. The Hall–Kier alpha value is -2.58. The molecule has 2 bridgehead atoms. The summed E-state index contributed by atoms with van der Waals surface area (Å²) in [5, 5.41) is 0.178. The molecule has 0 saturated carbocycles. The Morgan fingerprint density at radius 3 is 2.57 bits per heavy atom. The van der Waals surface area contributed by atoms with E-state index >= 15 is 4.39 Å². The molecule has 44 heavy (non-hydrogen) atoms. The Kier molecular flexibility index (Phi) is 7.55. The van der Waals surface area contributed by atoms with Crippen LogP contribution < -0.4 is 16.9 Å². The van der Waals surface area contributed by atoms with Gasteiger partial charge in [-0.25, -0.2) is 23.5 Å². The van der Waals surface area contributed by atoms with Crippen LogP contribution in [0.15, 0.2) is 34.5 Å². The van der Waals surface area contributed by atoms with Gasteiger partial charge < -0.3 is 24.8 Å². The highest BCUT2D eigenvalue weighted by Crippen LogP contribution is 2.60. The van der Waals surface area contributed by atoms with Crippen LogP contribution >= 0.6 is 38.1 Å². The van der Waals surface area contributed by atoms with Crippen LogP contribution in [-0.2, 0) is 36.7 Å². The van der Waals surface area contributed by atoms with Gasteiger partial charge in [-0.15, -0.1) is 0 Å². The summed E-state index contributed by atoms with van der Waals surface area (Å²) in [6.45, 7) is -9.47. The topological polar surface area (TPSA) is 230 Å². The summed E-state index contributed by atoms with van der Waals surface area (Å²) in [5.74, 6) is -0.177. The molecule has 3 saturated heterocycles. The van der Waals surface area contributed by atoms with E-state index in [4.69, 9.17) is 33.3 Å². The minimum Gasteiger partial charge on any atom is -0.369 e. The summed E-state index contributed by atoms with van der Waals surface area (Å²) in [6, 6.07) is 1.43. The van der Waals surface area contributed by atoms with Crippen LogP contribution in [0.25, 0.3) is 22.2 Å². The molecule has 9 atom stereocenters. The second-order valence-electron chi connectivity index (χ2n) is 10.1. The lowest BCUT2D eigenvalue weighted by Gasteiger charge is -2.26. The van der Waals surface area contributed by atoms with Gasteiger partial charge in [-0.3, -0.25) is 37.2 Å². The summed E-state index contributed by atoms with van der Waals surface area (Å²) in [7, 11) is 0. The van der Waals surface area contributed by atoms with Crippen LogP contribution in [0.4, 0.5) is 10.3 Å². The molecule has 0 aliphatic carbocycles. The second kappa shape index (κ2) is 11.0. The molecule has 23 heteroatoms. The molecular formula is C21H23FN8O10P2S2. The van der Waals surface area contributed by atoms with Crippen molar-refractivity contribution in [1.82, 2.24) is 34.1 Å². The predicted molar refractivity (Wildman–Crippen MR) is 155 cm³/mol. The minimum absolute atomic E-state index is 0.0225. The zero-order valence-electron chi connectivity index (χ0n) is 22.0. The Labute approximate surface area is 255 Å². The molecule has 3 fully saturated rings. The fourth-order valence-electron chi connectivity index (χ4n) is 5.39. The molecule has 3 aliphatic heterocycles. The normalized spacial score (nSPS) is 36.6. The van der Waals surface area contributed by atoms with Crippen molar-refractivity contribution in [1.29, 1.82) is 0 Å². The van der Waals surface area contributed by atoms with Gasteiger partial charge in [-0.05, 0) is 6.07 Å². The van der Waals surface area contributed by atoms with Gasteiger partial charge in [0.2, 0.25) is 5.95 Å². The lowest BCUT2D eigenvalue weighted by molar-refractivity contribution is -0.0560. The largest absolute Gasteiger partial charge is 0.386 e. The number of aromatic nitrogens is 7. The van der Waals surface area contributed by atoms with Gasteiger partial charge in [0.25, 0.3) is 11.1 Å². The first-order chi connectivity index (χ1) is 20.9. The number of alkyl halides is 1. The van der Waals surface area contributed by atoms with Gasteiger partial charge in [0.1, 0.15) is 24.0 Å². The molecule has 18 nitrogen and oxygen atoms in total. The van der Waals surface area contributed by atoms with Crippen molar-refractivity contribution in [2.45, 2.75) is 49.5 Å². The van der Waals surface area contributed by atoms with E-state index in [-0.39, 0.29) is 41.2 Å². The molecule has 7 heterocycles. The lowest BCUT2D eigenvalue weighted by atomic mass is 10.1. The number of thiol groups is 2. The lowest BCUT2D eigenvalue weighted by Crippen LogP contribution is -2.33. The van der Waals surface area contributed by atoms with E-state index < -0.39 is 74.4 Å². The first kappa shape index (κ1) is 30.1. The maximum Gasteiger partial charge on any atom is 0.386 e. The Bertz CT molecular complexity index is 1970. The van der Waals surface area contributed by atoms with E-state index in [1.165, 1.54) is 27.7 Å². The highest BCUT2D eigenvalue weighted by Gasteiger charge is 2.52. The summed E-state index contributed by atoms with van der Waals surface area (Å²) >= 11 is 8.14. The SMILES string of the molecule is Nc1nc2c(ncn2[C@@H]2O[C@@H]3CO[P@@](=O)(S)O[C@H]4[C@H](F)[C@H](n5ccc6c(=O)[nH]cnc65)O[C@@H]4CO[P@@](=O)(S)O[C@@H]2C3)c(=O)[nH]1. The molecule has 0 aromatic carbocycles. The van der Waals surface area contributed by atoms with Crippen molar-refractivity contribution in [3.63, 3.8) is 0 Å². The maximum atomic E-state index is 16.0. The molecule has 4 aromatic heterocycles. The van der Waals surface area contributed by atoms with Crippen molar-refractivity contribution >= 4 is 66.2 Å². The molecule has 0 amide bonds. The number of hydrogen-bond acceptors (Lipinski definition) is 14. The summed E-state index contributed by atoms with van der Waals surface area (Å²) in [4.78, 5) is 41.5. The molecule has 3 aliphatic rings. The maximum absolute atomic E-state index is 16.0. The monoisotopic (exact) mass is 692 g/mol. The van der Waals surface area contributed by atoms with Gasteiger partial charge in [-0.2, -0.15) is 4.98 Å². The van der Waals surface area contributed by atoms with E-state index in [0.717, 1.165) is 6.33 Å². The molecule has 4 aromatic rings. The third-order valence-corrected chi connectivity index (χ3v) is 10.5. The first-order valence-electron chi connectivity index (χ1n) is 12.9. The number of rotatable bonds is 2. The number of anilines is 1. The minimum atomic E-state index is -4.28. The van der Waals surface area contributed by atoms with Gasteiger partial charge in [0.05, 0.1) is 37.4 Å². The number of aromatic amines is 2. The molecular weight excluding hydrogens is 669 g/mol. The number of H-pyrrole nitrogens is 2. The van der Waals surface area contributed by atoms with Crippen LogP contribution in [0.2, 0.25) is 0 Å². The average molecular weight is 693 g/mol. The van der Waals surface area contributed by atoms with Crippen molar-refractivity contribution in [3.8, 4) is 0 Å². The number of nitrogens with one attached hydrogen (secondary N) is 2. The quantitative estimate of drug-likeness (QED) is 0.149. The predicted octanol–water partition coefficient (Wildman–Crippen LogP) is 1.86. The fraction of sp³-hybridized carbons (Fsp3) is 0.476. The van der Waals surface area contributed by atoms with Crippen LogP contribution in [0, 0.1) is 0 Å². The molecule has 4 N–H and O–H groups in total. The number of nitrogens with zero attached hydrogens (tertiary/aromatic N) is 5. The third kappa shape index (κ3) is 5.44. The zero-order chi connectivity index (χ0) is 31.0. The van der Waals surface area contributed by atoms with Crippen LogP contribution in [0.1, 0.15) is 18.9 Å². The standard InChI is InChI=1S/C21H23FN8O10P2S2/c22-12-14-11(38-20(12)29-2-1-9-15(29)24-6-25-17(9)31)5-36-41(33,43)39-10-3-8(4-35-42(34,44)40-14)37-19(10)30-7-26-13-16(30)27-21(23)28-18(13)32/h1-2,6-8,10-12,14,19-20H,3-5H2,(H,33,43)(H,34,44)(H,24,25,31)(H3,23,27,28,32)/t8-,10+,11+,12-,14+,19+,20+,41+,42+/m0/s1. The van der Waals surface area contributed by atoms with Crippen molar-refractivity contribution < 1.29 is 41.1 Å². The molecule has 0 unspecified atom stereocenters. The number of nitrogens with two attached hydrogens (primary N) is 1. The van der Waals surface area contributed by atoms with Crippen molar-refractivity contribution in [3.05, 3.63) is 45.6 Å². The number of imidazole rings is 1. The second-order valence-corrected chi connectivity index (χ2v) is 15.9. The fourth-order valence-corrected chi connectivity index (χ4v) is 8.38. The number of nitrogen functional groups attached to an aromatic ring is 1. The highest BCUT2D eigenvalue weighted by atomic mass is 32.7. The Morgan fingerprint density at radius 1 is 0.977 bits per heavy atom. The molecule has 236 valence electrons. The van der Waals surface area contributed by atoms with Gasteiger partial charge in [0.15, 0.2) is 29.8 Å². The summed E-state index contributed by atoms with van der Waals surface area (Å²) < 4.78 is 79.6. The van der Waals surface area contributed by atoms with Crippen LogP contribution in [0.5, 0.6) is 0 Å². The van der Waals surface area contributed by atoms with Crippen molar-refractivity contribution in [2.75, 3.05) is 18.9 Å². The number of fused-ring (bicyclic) bond motifs is 5. The number of ether oxygens (including phenoxy) is 2. The van der Waals surface area contributed by atoms with Crippen molar-refractivity contribution in [2.24, 2.45) is 0 Å². The Balaban J connectivity index is 1.19. The number of hydrogen-bond donors (Lipinski definition) is 5. The van der Waals surface area contributed by atoms with E-state index in [2.05, 4.69) is 49.4 Å². The van der Waals surface area contributed by atoms with E-state index in [1.54, 1.807) is 0 Å². The zero-order valence-corrected chi connectivity index (χ0v) is 25.6. The molecule has 0 spiro atoms. The van der Waals surface area contributed by atoms with Gasteiger partial charge in [-0.1, -0.05) is 24.5 Å². The Morgan fingerprint density at radius 2 is 1.75 bits per heavy atom. The summed E-state index contributed by atoms with van der Waals surface area (Å²) in [6.07, 6.45) is -5.44. The molecule has 7 rings (SSSR count).